The summed E-state index contributed by atoms with van der Waals surface area (Å²) in [5.74, 6) is 0.0277. The predicted octanol–water partition coefficient (Wildman–Crippen LogP) is 4.64. The van der Waals surface area contributed by atoms with Crippen LogP contribution in [0.15, 0.2) is 48.5 Å². The summed E-state index contributed by atoms with van der Waals surface area (Å²) in [4.78, 5) is 2.40. The van der Waals surface area contributed by atoms with Crippen LogP contribution in [0, 0.1) is 11.6 Å². The predicted molar refractivity (Wildman–Crippen MR) is 109 cm³/mol. The Hall–Kier alpha value is -1.82. The normalized spacial score (nSPS) is 26.5. The molecule has 29 heavy (non-hydrogen) atoms. The Morgan fingerprint density at radius 1 is 0.862 bits per heavy atom. The van der Waals surface area contributed by atoms with Crippen LogP contribution in [0.4, 0.5) is 8.78 Å². The molecule has 2 aromatic carbocycles. The molecule has 3 atom stereocenters. The molecular formula is C24H29F2NO2. The molecule has 0 radical (unpaired) electrons. The third-order valence-electron chi connectivity index (χ3n) is 6.47. The molecule has 2 aliphatic rings. The van der Waals surface area contributed by atoms with Crippen molar-refractivity contribution in [1.82, 2.24) is 4.90 Å². The number of halogens is 2. The van der Waals surface area contributed by atoms with Gasteiger partial charge in [0, 0.05) is 6.04 Å². The Labute approximate surface area is 171 Å². The average molecular weight is 401 g/mol. The highest BCUT2D eigenvalue weighted by Crippen LogP contribution is 2.33. The van der Waals surface area contributed by atoms with Gasteiger partial charge < -0.3 is 9.84 Å². The molecule has 1 N–H and O–H groups in total. The van der Waals surface area contributed by atoms with Crippen molar-refractivity contribution in [3.63, 3.8) is 0 Å². The lowest BCUT2D eigenvalue weighted by Gasteiger charge is -2.43. The summed E-state index contributed by atoms with van der Waals surface area (Å²) < 4.78 is 32.3. The number of aliphatic hydroxyl groups is 1. The summed E-state index contributed by atoms with van der Waals surface area (Å²) in [6, 6.07) is 13.4. The fraction of sp³-hybridized carbons (Fsp3) is 0.500. The maximum absolute atomic E-state index is 13.2. The van der Waals surface area contributed by atoms with Crippen molar-refractivity contribution >= 4 is 0 Å². The summed E-state index contributed by atoms with van der Waals surface area (Å²) in [5, 5.41) is 10.6. The van der Waals surface area contributed by atoms with Gasteiger partial charge in [-0.15, -0.1) is 0 Å². The van der Waals surface area contributed by atoms with Gasteiger partial charge in [-0.1, -0.05) is 24.3 Å². The number of aliphatic hydroxyl groups excluding tert-OH is 1. The molecular weight excluding hydrogens is 372 g/mol. The molecule has 0 amide bonds. The van der Waals surface area contributed by atoms with Gasteiger partial charge in [0.25, 0.3) is 0 Å². The van der Waals surface area contributed by atoms with E-state index < -0.39 is 0 Å². The molecule has 2 aromatic rings. The number of ether oxygens (including phenoxy) is 1. The number of hydrogen-bond acceptors (Lipinski definition) is 3. The van der Waals surface area contributed by atoms with Crippen molar-refractivity contribution in [3.8, 4) is 0 Å². The summed E-state index contributed by atoms with van der Waals surface area (Å²) in [5.41, 5.74) is 2.17. The van der Waals surface area contributed by atoms with E-state index in [-0.39, 0.29) is 29.9 Å². The fourth-order valence-corrected chi connectivity index (χ4v) is 4.73. The zero-order valence-electron chi connectivity index (χ0n) is 16.6. The second-order valence-corrected chi connectivity index (χ2v) is 8.37. The fourth-order valence-electron chi connectivity index (χ4n) is 4.73. The first-order valence-corrected chi connectivity index (χ1v) is 10.6. The number of rotatable bonds is 5. The Kier molecular flexibility index (Phi) is 6.58. The van der Waals surface area contributed by atoms with Crippen LogP contribution in [0.3, 0.4) is 0 Å². The van der Waals surface area contributed by atoms with Crippen molar-refractivity contribution in [2.75, 3.05) is 13.1 Å². The van der Waals surface area contributed by atoms with E-state index in [1.165, 1.54) is 29.8 Å². The average Bonchev–Trinajstić information content (AvgIpc) is 2.75. The number of piperidine rings is 1. The molecule has 0 bridgehead atoms. The van der Waals surface area contributed by atoms with Gasteiger partial charge in [-0.25, -0.2) is 8.78 Å². The lowest BCUT2D eigenvalue weighted by molar-refractivity contribution is -0.0629. The molecule has 1 aliphatic heterocycles. The Morgan fingerprint density at radius 3 is 2.14 bits per heavy atom. The second kappa shape index (κ2) is 9.33. The van der Waals surface area contributed by atoms with Crippen molar-refractivity contribution in [3.05, 3.63) is 71.3 Å². The molecule has 1 saturated carbocycles. The molecule has 156 valence electrons. The highest BCUT2D eigenvalue weighted by Gasteiger charge is 2.35. The largest absolute Gasteiger partial charge is 0.391 e. The van der Waals surface area contributed by atoms with Gasteiger partial charge in [0.15, 0.2) is 0 Å². The van der Waals surface area contributed by atoms with Crippen LogP contribution in [0.5, 0.6) is 0 Å². The Morgan fingerprint density at radius 2 is 1.48 bits per heavy atom. The van der Waals surface area contributed by atoms with Crippen LogP contribution in [-0.2, 0) is 11.3 Å². The Balaban J connectivity index is 1.29. The van der Waals surface area contributed by atoms with Gasteiger partial charge in [-0.3, -0.25) is 4.90 Å². The van der Waals surface area contributed by atoms with Gasteiger partial charge in [-0.2, -0.15) is 0 Å². The van der Waals surface area contributed by atoms with Crippen LogP contribution in [0.1, 0.15) is 49.1 Å². The lowest BCUT2D eigenvalue weighted by atomic mass is 9.85. The van der Waals surface area contributed by atoms with E-state index in [1.807, 2.05) is 12.1 Å². The van der Waals surface area contributed by atoms with Crippen molar-refractivity contribution in [2.45, 2.75) is 62.9 Å². The van der Waals surface area contributed by atoms with Crippen LogP contribution < -0.4 is 0 Å². The zero-order chi connectivity index (χ0) is 20.2. The first kappa shape index (κ1) is 20.5. The summed E-state index contributed by atoms with van der Waals surface area (Å²) in [7, 11) is 0. The number of nitrogens with zero attached hydrogens (tertiary/aromatic N) is 1. The molecule has 0 spiro atoms. The van der Waals surface area contributed by atoms with Crippen LogP contribution in [0.25, 0.3) is 0 Å². The van der Waals surface area contributed by atoms with E-state index in [2.05, 4.69) is 4.90 Å². The number of likely N-dealkylation sites (tertiary alicyclic amines) is 1. The first-order valence-electron chi connectivity index (χ1n) is 10.6. The summed E-state index contributed by atoms with van der Waals surface area (Å²) in [6.45, 7) is 2.35. The van der Waals surface area contributed by atoms with Gasteiger partial charge >= 0.3 is 0 Å². The molecule has 0 unspecified atom stereocenters. The minimum atomic E-state index is -0.317. The van der Waals surface area contributed by atoms with E-state index in [0.717, 1.165) is 50.8 Å². The first-order chi connectivity index (χ1) is 14.1. The molecule has 1 heterocycles. The van der Waals surface area contributed by atoms with E-state index in [0.29, 0.717) is 12.5 Å². The van der Waals surface area contributed by atoms with E-state index in [1.54, 1.807) is 12.1 Å². The third-order valence-corrected chi connectivity index (χ3v) is 6.47. The summed E-state index contributed by atoms with van der Waals surface area (Å²) in [6.07, 6.45) is 4.27. The maximum atomic E-state index is 13.2. The quantitative estimate of drug-likeness (QED) is 0.792. The highest BCUT2D eigenvalue weighted by atomic mass is 19.1. The SMILES string of the molecule is O[C@@H]1CC[C@H](OCc2ccc(F)cc2)C[C@H]1N1CCC(c2ccc(F)cc2)CC1. The van der Waals surface area contributed by atoms with Gasteiger partial charge in [0.1, 0.15) is 11.6 Å². The standard InChI is InChI=1S/C24H29F2NO2/c25-20-5-1-17(2-6-20)16-29-22-9-10-24(28)23(15-22)27-13-11-19(12-14-27)18-3-7-21(26)8-4-18/h1-8,19,22-24,28H,9-16H2/t22-,23+,24+/m0/s1. The minimum absolute atomic E-state index is 0.114. The van der Waals surface area contributed by atoms with Gasteiger partial charge in [0.05, 0.1) is 18.8 Å². The van der Waals surface area contributed by atoms with Crippen LogP contribution >= 0.6 is 0 Å². The lowest BCUT2D eigenvalue weighted by Crippen LogP contribution is -2.51. The van der Waals surface area contributed by atoms with Crippen molar-refractivity contribution < 1.29 is 18.6 Å². The molecule has 2 fully saturated rings. The monoisotopic (exact) mass is 401 g/mol. The van der Waals surface area contributed by atoms with Crippen LogP contribution in [-0.4, -0.2) is 41.3 Å². The van der Waals surface area contributed by atoms with Crippen LogP contribution in [0.2, 0.25) is 0 Å². The molecule has 1 aliphatic carbocycles. The van der Waals surface area contributed by atoms with Crippen molar-refractivity contribution in [2.24, 2.45) is 0 Å². The topological polar surface area (TPSA) is 32.7 Å². The van der Waals surface area contributed by atoms with Crippen molar-refractivity contribution in [1.29, 1.82) is 0 Å². The van der Waals surface area contributed by atoms with E-state index >= 15 is 0 Å². The maximum Gasteiger partial charge on any atom is 0.123 e. The Bertz CT molecular complexity index is 772. The number of hydrogen-bond donors (Lipinski definition) is 1. The molecule has 3 nitrogen and oxygen atoms in total. The van der Waals surface area contributed by atoms with Gasteiger partial charge in [-0.05, 0) is 86.5 Å². The van der Waals surface area contributed by atoms with E-state index in [9.17, 15) is 13.9 Å². The third kappa shape index (κ3) is 5.21. The highest BCUT2D eigenvalue weighted by molar-refractivity contribution is 5.21. The second-order valence-electron chi connectivity index (χ2n) is 8.37. The van der Waals surface area contributed by atoms with Gasteiger partial charge in [0.2, 0.25) is 0 Å². The smallest absolute Gasteiger partial charge is 0.123 e. The zero-order valence-corrected chi connectivity index (χ0v) is 16.6. The number of benzene rings is 2. The molecule has 4 rings (SSSR count). The molecule has 1 saturated heterocycles. The molecule has 5 heteroatoms. The van der Waals surface area contributed by atoms with E-state index in [4.69, 9.17) is 4.74 Å². The summed E-state index contributed by atoms with van der Waals surface area (Å²) >= 11 is 0. The minimum Gasteiger partial charge on any atom is -0.391 e. The molecule has 0 aromatic heterocycles.